The van der Waals surface area contributed by atoms with Crippen LogP contribution in [0.2, 0.25) is 5.02 Å². The van der Waals surface area contributed by atoms with E-state index >= 15 is 4.79 Å². The summed E-state index contributed by atoms with van der Waals surface area (Å²) in [5.74, 6) is 0.392. The minimum Gasteiger partial charge on any atom is -0.449 e. The lowest BCUT2D eigenvalue weighted by atomic mass is 9.80. The van der Waals surface area contributed by atoms with Gasteiger partial charge in [0.1, 0.15) is 17.2 Å². The number of carboxylic acid groups (broad SMARTS) is 1. The van der Waals surface area contributed by atoms with Crippen LogP contribution in [0, 0.1) is 0 Å². The molecule has 0 bridgehead atoms. The number of aryl methyl sites for hydroxylation is 1. The highest BCUT2D eigenvalue weighted by Crippen LogP contribution is 2.48. The smallest absolute Gasteiger partial charge is 0.449 e. The Morgan fingerprint density at radius 2 is 1.77 bits per heavy atom. The first-order valence-corrected chi connectivity index (χ1v) is 15.2. The SMILES string of the molecule is CC(C)(C(=O)[N+](C)(C1CCN(c2ccc3cnccc3c2)CC1)C1CCc2ccc(OC(=O)O)cc21)c1ccccc1Cl. The van der Waals surface area contributed by atoms with Gasteiger partial charge >= 0.3 is 12.1 Å². The van der Waals surface area contributed by atoms with Crippen LogP contribution in [0.1, 0.15) is 55.8 Å². The molecular formula is C35H37ClN3O4+. The maximum absolute atomic E-state index is 15.1. The number of benzene rings is 3. The van der Waals surface area contributed by atoms with E-state index < -0.39 is 11.6 Å². The molecule has 0 radical (unpaired) electrons. The lowest BCUT2D eigenvalue weighted by Crippen LogP contribution is -2.64. The van der Waals surface area contributed by atoms with Gasteiger partial charge in [-0.1, -0.05) is 41.9 Å². The molecule has 7 nitrogen and oxygen atoms in total. The molecule has 6 rings (SSSR count). The van der Waals surface area contributed by atoms with Crippen molar-refractivity contribution in [2.45, 2.75) is 57.0 Å². The van der Waals surface area contributed by atoms with Crippen LogP contribution in [-0.2, 0) is 16.6 Å². The molecule has 3 aromatic carbocycles. The summed E-state index contributed by atoms with van der Waals surface area (Å²) in [5, 5.41) is 12.1. The molecule has 4 aromatic rings. The number of aromatic nitrogens is 1. The van der Waals surface area contributed by atoms with Crippen molar-refractivity contribution in [2.24, 2.45) is 0 Å². The van der Waals surface area contributed by atoms with Crippen molar-refractivity contribution in [3.63, 3.8) is 0 Å². The Morgan fingerprint density at radius 1 is 1.00 bits per heavy atom. The summed E-state index contributed by atoms with van der Waals surface area (Å²) in [6.07, 6.45) is 5.66. The number of hydrogen-bond donors (Lipinski definition) is 1. The van der Waals surface area contributed by atoms with E-state index in [9.17, 15) is 9.90 Å². The maximum Gasteiger partial charge on any atom is 0.511 e. The first-order valence-electron chi connectivity index (χ1n) is 14.9. The first kappa shape index (κ1) is 29.1. The second kappa shape index (κ2) is 11.3. The Hall–Kier alpha value is -3.94. The van der Waals surface area contributed by atoms with E-state index in [2.05, 4.69) is 35.1 Å². The third-order valence-corrected chi connectivity index (χ3v) is 10.1. The number of ether oxygens (including phenoxy) is 1. The largest absolute Gasteiger partial charge is 0.511 e. The van der Waals surface area contributed by atoms with Crippen molar-refractivity contribution < 1.29 is 23.9 Å². The average Bonchev–Trinajstić information content (AvgIpc) is 3.44. The van der Waals surface area contributed by atoms with Gasteiger partial charge in [-0.25, -0.2) is 9.59 Å². The van der Waals surface area contributed by atoms with Gasteiger partial charge < -0.3 is 14.7 Å². The summed E-state index contributed by atoms with van der Waals surface area (Å²) >= 11 is 6.69. The van der Waals surface area contributed by atoms with Crippen LogP contribution >= 0.6 is 11.6 Å². The summed E-state index contributed by atoms with van der Waals surface area (Å²) in [7, 11) is 2.09. The van der Waals surface area contributed by atoms with Gasteiger partial charge in [0, 0.05) is 66.4 Å². The van der Waals surface area contributed by atoms with Crippen LogP contribution in [0.3, 0.4) is 0 Å². The van der Waals surface area contributed by atoms with Gasteiger partial charge in [0.2, 0.25) is 0 Å². The van der Waals surface area contributed by atoms with Gasteiger partial charge in [0.25, 0.3) is 0 Å². The summed E-state index contributed by atoms with van der Waals surface area (Å²) in [6, 6.07) is 21.5. The molecule has 0 spiro atoms. The third-order valence-electron chi connectivity index (χ3n) is 9.75. The molecule has 0 saturated carbocycles. The van der Waals surface area contributed by atoms with Crippen molar-refractivity contribution >= 4 is 40.1 Å². The second-order valence-electron chi connectivity index (χ2n) is 12.5. The highest BCUT2D eigenvalue weighted by atomic mass is 35.5. The Morgan fingerprint density at radius 3 is 2.51 bits per heavy atom. The van der Waals surface area contributed by atoms with Crippen LogP contribution in [-0.4, -0.2) is 52.8 Å². The van der Waals surface area contributed by atoms with E-state index in [1.165, 1.54) is 5.69 Å². The van der Waals surface area contributed by atoms with Crippen molar-refractivity contribution in [3.8, 4) is 5.75 Å². The number of likely N-dealkylation sites (N-methyl/N-ethyl adjacent to an activating group) is 1. The molecule has 1 aliphatic heterocycles. The molecular weight excluding hydrogens is 562 g/mol. The molecule has 1 fully saturated rings. The van der Waals surface area contributed by atoms with Gasteiger partial charge in [0.15, 0.2) is 0 Å². The van der Waals surface area contributed by atoms with E-state index in [0.29, 0.717) is 5.02 Å². The lowest BCUT2D eigenvalue weighted by Gasteiger charge is -2.50. The highest BCUT2D eigenvalue weighted by molar-refractivity contribution is 6.31. The highest BCUT2D eigenvalue weighted by Gasteiger charge is 2.55. The van der Waals surface area contributed by atoms with Gasteiger partial charge in [-0.2, -0.15) is 0 Å². The lowest BCUT2D eigenvalue weighted by molar-refractivity contribution is -0.893. The first-order chi connectivity index (χ1) is 20.6. The summed E-state index contributed by atoms with van der Waals surface area (Å²) < 4.78 is 5.27. The van der Waals surface area contributed by atoms with E-state index in [1.807, 2.05) is 68.7 Å². The molecule has 1 aliphatic carbocycles. The number of carbonyl (C=O) groups excluding carboxylic acids is 1. The van der Waals surface area contributed by atoms with Gasteiger partial charge in [-0.15, -0.1) is 0 Å². The molecule has 1 amide bonds. The molecule has 8 heteroatoms. The number of pyridine rings is 1. The molecule has 222 valence electrons. The average molecular weight is 599 g/mol. The fourth-order valence-electron chi connectivity index (χ4n) is 7.46. The molecule has 1 aromatic heterocycles. The van der Waals surface area contributed by atoms with Crippen molar-refractivity contribution in [1.82, 2.24) is 4.98 Å². The minimum absolute atomic E-state index is 0.0650. The normalized spacial score (nSPS) is 18.7. The third kappa shape index (κ3) is 5.25. The number of rotatable bonds is 6. The predicted molar refractivity (Wildman–Crippen MR) is 169 cm³/mol. The molecule has 2 heterocycles. The van der Waals surface area contributed by atoms with Crippen molar-refractivity contribution in [3.05, 3.63) is 101 Å². The minimum atomic E-state index is -1.35. The number of nitrogens with zero attached hydrogens (tertiary/aromatic N) is 3. The van der Waals surface area contributed by atoms with E-state index in [1.54, 1.807) is 6.07 Å². The van der Waals surface area contributed by atoms with Gasteiger partial charge in [-0.05, 0) is 73.2 Å². The number of anilines is 1. The molecule has 43 heavy (non-hydrogen) atoms. The monoisotopic (exact) mass is 598 g/mol. The number of hydrogen-bond acceptors (Lipinski definition) is 5. The second-order valence-corrected chi connectivity index (χ2v) is 12.9. The Bertz CT molecular complexity index is 1700. The van der Waals surface area contributed by atoms with Crippen molar-refractivity contribution in [2.75, 3.05) is 25.0 Å². The van der Waals surface area contributed by atoms with Gasteiger partial charge in [0.05, 0.1) is 13.1 Å². The quantitative estimate of drug-likeness (QED) is 0.140. The summed E-state index contributed by atoms with van der Waals surface area (Å²) in [5.41, 5.74) is 3.27. The molecule has 1 N–H and O–H groups in total. The maximum atomic E-state index is 15.1. The number of carbonyl (C=O) groups is 2. The van der Waals surface area contributed by atoms with E-state index in [4.69, 9.17) is 16.3 Å². The van der Waals surface area contributed by atoms with E-state index in [0.717, 1.165) is 66.2 Å². The summed E-state index contributed by atoms with van der Waals surface area (Å²) in [6.45, 7) is 5.62. The topological polar surface area (TPSA) is 79.7 Å². The zero-order valence-corrected chi connectivity index (χ0v) is 25.6. The number of halogens is 1. The van der Waals surface area contributed by atoms with Crippen molar-refractivity contribution in [1.29, 1.82) is 0 Å². The molecule has 1 saturated heterocycles. The fraction of sp³-hybridized carbons (Fsp3) is 0.343. The van der Waals surface area contributed by atoms with Crippen LogP contribution < -0.4 is 9.64 Å². The predicted octanol–water partition coefficient (Wildman–Crippen LogP) is 7.55. The molecule has 2 aliphatic rings. The van der Waals surface area contributed by atoms with Gasteiger partial charge in [-0.3, -0.25) is 9.47 Å². The standard InChI is InChI=1S/C35H36ClN3O4/c1-35(2,30-6-4-5-7-31(30)36)33(40)39(3,32-13-10-23-9-12-28(21-29(23)32)43-34(41)42)27-15-18-38(19-16-27)26-11-8-25-22-37-17-14-24(25)20-26/h4-9,11-12,14,17,20-22,27,32H,10,13,15-16,18-19H2,1-3H3/p+1. The van der Waals surface area contributed by atoms with Crippen LogP contribution in [0.5, 0.6) is 5.75 Å². The zero-order valence-electron chi connectivity index (χ0n) is 24.8. The van der Waals surface area contributed by atoms with Crippen LogP contribution in [0.25, 0.3) is 10.8 Å². The van der Waals surface area contributed by atoms with Crippen LogP contribution in [0.4, 0.5) is 10.5 Å². The Balaban J connectivity index is 1.36. The Labute approximate surface area is 257 Å². The Kier molecular flexibility index (Phi) is 7.65. The number of quaternary nitrogens is 1. The summed E-state index contributed by atoms with van der Waals surface area (Å²) in [4.78, 5) is 33.1. The number of fused-ring (bicyclic) bond motifs is 2. The molecule has 2 atom stereocenters. The zero-order chi connectivity index (χ0) is 30.4. The fourth-order valence-corrected chi connectivity index (χ4v) is 7.83. The van der Waals surface area contributed by atoms with Crippen LogP contribution in [0.15, 0.2) is 79.1 Å². The number of piperidine rings is 1. The van der Waals surface area contributed by atoms with E-state index in [-0.39, 0.29) is 28.2 Å². The number of amides is 1. The molecule has 2 unspecified atom stereocenters.